The summed E-state index contributed by atoms with van der Waals surface area (Å²) in [6.07, 6.45) is 8.14. The maximum absolute atomic E-state index is 11.0. The molecular formula is C20H25N3O3. The molecule has 0 radical (unpaired) electrons. The molecule has 0 unspecified atom stereocenters. The van der Waals surface area contributed by atoms with Crippen LogP contribution in [0, 0.1) is 0 Å². The zero-order valence-electron chi connectivity index (χ0n) is 15.5. The van der Waals surface area contributed by atoms with Crippen molar-refractivity contribution < 1.29 is 14.6 Å². The molecule has 1 aromatic heterocycles. The number of ether oxygens (including phenoxy) is 1. The largest absolute Gasteiger partial charge is 0.478 e. The van der Waals surface area contributed by atoms with Gasteiger partial charge in [0.15, 0.2) is 0 Å². The lowest BCUT2D eigenvalue weighted by molar-refractivity contribution is 0.0697. The SMILES string of the molecule is CC(C)=CCC/C(C)=C/COCc1cn(-c2cccc(C(=O)O)c2)nn1. The lowest BCUT2D eigenvalue weighted by Gasteiger charge is -2.02. The normalized spacial score (nSPS) is 11.4. The Kier molecular flexibility index (Phi) is 7.29. The van der Waals surface area contributed by atoms with Crippen LogP contribution in [0.5, 0.6) is 0 Å². The van der Waals surface area contributed by atoms with Gasteiger partial charge in [0.25, 0.3) is 0 Å². The van der Waals surface area contributed by atoms with Crippen LogP contribution in [-0.4, -0.2) is 32.7 Å². The van der Waals surface area contributed by atoms with E-state index >= 15 is 0 Å². The summed E-state index contributed by atoms with van der Waals surface area (Å²) in [4.78, 5) is 11.0. The summed E-state index contributed by atoms with van der Waals surface area (Å²) in [7, 11) is 0. The van der Waals surface area contributed by atoms with Crippen molar-refractivity contribution in [1.29, 1.82) is 0 Å². The number of aromatic nitrogens is 3. The number of hydrogen-bond donors (Lipinski definition) is 1. The molecule has 0 aliphatic carbocycles. The van der Waals surface area contributed by atoms with E-state index in [-0.39, 0.29) is 5.56 Å². The predicted molar refractivity (Wildman–Crippen MR) is 100 cm³/mol. The third kappa shape index (κ3) is 6.29. The maximum atomic E-state index is 11.0. The van der Waals surface area contributed by atoms with Crippen LogP contribution in [0.25, 0.3) is 5.69 Å². The molecule has 1 N–H and O–H groups in total. The van der Waals surface area contributed by atoms with E-state index in [0.717, 1.165) is 12.8 Å². The summed E-state index contributed by atoms with van der Waals surface area (Å²) in [5, 5.41) is 17.2. The molecule has 6 nitrogen and oxygen atoms in total. The first kappa shape index (κ1) is 19.6. The highest BCUT2D eigenvalue weighted by molar-refractivity contribution is 5.88. The van der Waals surface area contributed by atoms with Crippen LogP contribution < -0.4 is 0 Å². The number of carboxylic acid groups (broad SMARTS) is 1. The minimum Gasteiger partial charge on any atom is -0.478 e. The molecule has 0 atom stereocenters. The average Bonchev–Trinajstić information content (AvgIpc) is 3.07. The lowest BCUT2D eigenvalue weighted by atomic mass is 10.1. The van der Waals surface area contributed by atoms with Crippen LogP contribution in [0.1, 0.15) is 49.7 Å². The first-order chi connectivity index (χ1) is 12.5. The van der Waals surface area contributed by atoms with Crippen molar-refractivity contribution in [3.8, 4) is 5.69 Å². The van der Waals surface area contributed by atoms with Crippen LogP contribution in [0.15, 0.2) is 53.8 Å². The second-order valence-corrected chi connectivity index (χ2v) is 6.40. The van der Waals surface area contributed by atoms with Crippen molar-refractivity contribution in [3.05, 3.63) is 65.0 Å². The number of nitrogens with zero attached hydrogens (tertiary/aromatic N) is 3. The van der Waals surface area contributed by atoms with E-state index in [1.807, 2.05) is 0 Å². The van der Waals surface area contributed by atoms with Crippen molar-refractivity contribution in [3.63, 3.8) is 0 Å². The monoisotopic (exact) mass is 355 g/mol. The number of benzene rings is 1. The van der Waals surface area contributed by atoms with Crippen LogP contribution >= 0.6 is 0 Å². The van der Waals surface area contributed by atoms with E-state index in [9.17, 15) is 4.79 Å². The summed E-state index contributed by atoms with van der Waals surface area (Å²) < 4.78 is 7.17. The van der Waals surface area contributed by atoms with E-state index in [2.05, 4.69) is 43.2 Å². The fourth-order valence-electron chi connectivity index (χ4n) is 2.33. The van der Waals surface area contributed by atoms with Gasteiger partial charge >= 0.3 is 5.97 Å². The topological polar surface area (TPSA) is 77.2 Å². The molecular weight excluding hydrogens is 330 g/mol. The van der Waals surface area contributed by atoms with Gasteiger partial charge < -0.3 is 9.84 Å². The predicted octanol–water partition coefficient (Wildman–Crippen LogP) is 4.17. The van der Waals surface area contributed by atoms with Crippen LogP contribution in [-0.2, 0) is 11.3 Å². The number of carboxylic acids is 1. The first-order valence-corrected chi connectivity index (χ1v) is 8.57. The van der Waals surface area contributed by atoms with Crippen molar-refractivity contribution in [1.82, 2.24) is 15.0 Å². The van der Waals surface area contributed by atoms with E-state index in [1.54, 1.807) is 35.1 Å². The summed E-state index contributed by atoms with van der Waals surface area (Å²) in [6, 6.07) is 6.56. The molecule has 0 aliphatic heterocycles. The van der Waals surface area contributed by atoms with Crippen molar-refractivity contribution in [2.75, 3.05) is 6.61 Å². The molecule has 26 heavy (non-hydrogen) atoms. The van der Waals surface area contributed by atoms with Crippen molar-refractivity contribution in [2.24, 2.45) is 0 Å². The molecule has 6 heteroatoms. The van der Waals surface area contributed by atoms with Crippen LogP contribution in [0.2, 0.25) is 0 Å². The van der Waals surface area contributed by atoms with Crippen molar-refractivity contribution in [2.45, 2.75) is 40.2 Å². The minimum absolute atomic E-state index is 0.213. The highest BCUT2D eigenvalue weighted by Gasteiger charge is 2.07. The Morgan fingerprint density at radius 1 is 1.27 bits per heavy atom. The van der Waals surface area contributed by atoms with Crippen LogP contribution in [0.3, 0.4) is 0 Å². The van der Waals surface area contributed by atoms with Gasteiger partial charge in [-0.3, -0.25) is 0 Å². The Hall–Kier alpha value is -2.73. The number of carbonyl (C=O) groups is 1. The van der Waals surface area contributed by atoms with Crippen molar-refractivity contribution >= 4 is 5.97 Å². The Morgan fingerprint density at radius 2 is 2.08 bits per heavy atom. The molecule has 0 fully saturated rings. The van der Waals surface area contributed by atoms with Gasteiger partial charge in [-0.25, -0.2) is 9.48 Å². The molecule has 2 aromatic rings. The van der Waals surface area contributed by atoms with Gasteiger partial charge in [0.2, 0.25) is 0 Å². The number of hydrogen-bond acceptors (Lipinski definition) is 4. The van der Waals surface area contributed by atoms with Gasteiger partial charge in [-0.1, -0.05) is 34.6 Å². The molecule has 138 valence electrons. The first-order valence-electron chi connectivity index (χ1n) is 8.57. The van der Waals surface area contributed by atoms with Gasteiger partial charge in [0.1, 0.15) is 5.69 Å². The fourth-order valence-corrected chi connectivity index (χ4v) is 2.33. The quantitative estimate of drug-likeness (QED) is 0.539. The molecule has 1 aromatic carbocycles. The van der Waals surface area contributed by atoms with Gasteiger partial charge in [0, 0.05) is 0 Å². The molecule has 0 saturated carbocycles. The van der Waals surface area contributed by atoms with E-state index in [1.165, 1.54) is 11.1 Å². The molecule has 0 amide bonds. The van der Waals surface area contributed by atoms with E-state index in [0.29, 0.717) is 24.6 Å². The lowest BCUT2D eigenvalue weighted by Crippen LogP contribution is -2.00. The molecule has 0 aliphatic rings. The summed E-state index contributed by atoms with van der Waals surface area (Å²) in [5.41, 5.74) is 4.20. The van der Waals surface area contributed by atoms with Gasteiger partial charge in [-0.05, 0) is 51.8 Å². The average molecular weight is 355 g/mol. The number of allylic oxidation sites excluding steroid dienone is 3. The highest BCUT2D eigenvalue weighted by Crippen LogP contribution is 2.11. The third-order valence-corrected chi connectivity index (χ3v) is 3.79. The molecule has 0 spiro atoms. The minimum atomic E-state index is -0.970. The fraction of sp³-hybridized carbons (Fsp3) is 0.350. The van der Waals surface area contributed by atoms with E-state index < -0.39 is 5.97 Å². The Balaban J connectivity index is 1.84. The summed E-state index contributed by atoms with van der Waals surface area (Å²) in [5.74, 6) is -0.970. The second kappa shape index (κ2) is 9.68. The Morgan fingerprint density at radius 3 is 2.81 bits per heavy atom. The smallest absolute Gasteiger partial charge is 0.335 e. The van der Waals surface area contributed by atoms with E-state index in [4.69, 9.17) is 9.84 Å². The summed E-state index contributed by atoms with van der Waals surface area (Å²) >= 11 is 0. The Labute approximate surface area is 153 Å². The third-order valence-electron chi connectivity index (χ3n) is 3.79. The van der Waals surface area contributed by atoms with Gasteiger partial charge in [-0.2, -0.15) is 0 Å². The van der Waals surface area contributed by atoms with Gasteiger partial charge in [-0.15, -0.1) is 5.10 Å². The maximum Gasteiger partial charge on any atom is 0.335 e. The van der Waals surface area contributed by atoms with Crippen LogP contribution in [0.4, 0.5) is 0 Å². The van der Waals surface area contributed by atoms with Gasteiger partial charge in [0.05, 0.1) is 30.7 Å². The molecule has 0 bridgehead atoms. The molecule has 2 rings (SSSR count). The highest BCUT2D eigenvalue weighted by atomic mass is 16.5. The second-order valence-electron chi connectivity index (χ2n) is 6.40. The number of rotatable bonds is 9. The zero-order valence-corrected chi connectivity index (χ0v) is 15.5. The molecule has 1 heterocycles. The zero-order chi connectivity index (χ0) is 18.9. The summed E-state index contributed by atoms with van der Waals surface area (Å²) in [6.45, 7) is 7.20. The standard InChI is InChI=1S/C20H25N3O3/c1-15(2)6-4-7-16(3)10-11-26-14-18-13-23(22-21-18)19-9-5-8-17(12-19)20(24)25/h5-6,8-10,12-13H,4,7,11,14H2,1-3H3,(H,24,25)/b16-10+. The Bertz CT molecular complexity index is 802. The molecule has 0 saturated heterocycles. The number of aromatic carboxylic acids is 1.